The summed E-state index contributed by atoms with van der Waals surface area (Å²) < 4.78 is 0.836. The Bertz CT molecular complexity index is 366. The number of allylic oxidation sites excluding steroid dienone is 1. The number of hydrogen-bond acceptors (Lipinski definition) is 2. The number of phenolic OH excluding ortho intramolecular Hbond substituents is 1. The summed E-state index contributed by atoms with van der Waals surface area (Å²) in [6.07, 6.45) is 3.80. The quantitative estimate of drug-likeness (QED) is 0.860. The largest absolute Gasteiger partial charge is 0.507 e. The van der Waals surface area contributed by atoms with Gasteiger partial charge in [0.25, 0.3) is 0 Å². The number of phenols is 1. The predicted molar refractivity (Wildman–Crippen MR) is 55.1 cm³/mol. The maximum Gasteiger partial charge on any atom is 0.123 e. The highest BCUT2D eigenvalue weighted by molar-refractivity contribution is 9.10. The van der Waals surface area contributed by atoms with Crippen LogP contribution in [-0.4, -0.2) is 5.11 Å². The van der Waals surface area contributed by atoms with Crippen LogP contribution in [0.3, 0.4) is 0 Å². The molecule has 0 saturated heterocycles. The maximum atomic E-state index is 9.43. The van der Waals surface area contributed by atoms with Crippen molar-refractivity contribution in [2.24, 2.45) is 0 Å². The molecule has 0 aliphatic carbocycles. The second kappa shape index (κ2) is 4.68. The summed E-state index contributed by atoms with van der Waals surface area (Å²) in [6.45, 7) is 0. The molecular formula is C10H8BrNO. The number of nitriles is 1. The van der Waals surface area contributed by atoms with Gasteiger partial charge < -0.3 is 5.11 Å². The van der Waals surface area contributed by atoms with E-state index in [0.29, 0.717) is 6.42 Å². The van der Waals surface area contributed by atoms with E-state index in [0.717, 1.165) is 10.0 Å². The van der Waals surface area contributed by atoms with E-state index in [1.807, 2.05) is 12.1 Å². The first-order chi connectivity index (χ1) is 6.24. The minimum Gasteiger partial charge on any atom is -0.507 e. The molecule has 1 rings (SSSR count). The molecule has 0 radical (unpaired) electrons. The van der Waals surface area contributed by atoms with Gasteiger partial charge in [-0.25, -0.2) is 0 Å². The molecule has 0 aromatic heterocycles. The van der Waals surface area contributed by atoms with Gasteiger partial charge in [-0.05, 0) is 12.1 Å². The third kappa shape index (κ3) is 2.92. The Balaban J connectivity index is 2.85. The van der Waals surface area contributed by atoms with Gasteiger partial charge in [0.05, 0.1) is 12.5 Å². The van der Waals surface area contributed by atoms with Crippen molar-refractivity contribution in [1.29, 1.82) is 5.26 Å². The van der Waals surface area contributed by atoms with Crippen molar-refractivity contribution < 1.29 is 5.11 Å². The summed E-state index contributed by atoms with van der Waals surface area (Å²) in [5.74, 6) is 0.212. The Hall–Kier alpha value is -1.27. The number of aromatic hydroxyl groups is 1. The van der Waals surface area contributed by atoms with Crippen molar-refractivity contribution in [3.8, 4) is 11.8 Å². The highest BCUT2D eigenvalue weighted by atomic mass is 79.9. The van der Waals surface area contributed by atoms with Crippen LogP contribution in [0.4, 0.5) is 0 Å². The van der Waals surface area contributed by atoms with Gasteiger partial charge in [-0.2, -0.15) is 5.26 Å². The number of rotatable bonds is 2. The summed E-state index contributed by atoms with van der Waals surface area (Å²) in [6, 6.07) is 7.23. The molecule has 0 aliphatic heterocycles. The van der Waals surface area contributed by atoms with Crippen molar-refractivity contribution >= 4 is 22.0 Å². The van der Waals surface area contributed by atoms with Crippen LogP contribution in [0.15, 0.2) is 28.7 Å². The molecule has 0 amide bonds. The Labute approximate surface area is 85.3 Å². The van der Waals surface area contributed by atoms with E-state index in [-0.39, 0.29) is 5.75 Å². The molecule has 1 N–H and O–H groups in total. The van der Waals surface area contributed by atoms with Gasteiger partial charge in [0.2, 0.25) is 0 Å². The summed E-state index contributed by atoms with van der Waals surface area (Å²) in [4.78, 5) is 0. The van der Waals surface area contributed by atoms with Crippen molar-refractivity contribution in [2.45, 2.75) is 6.42 Å². The summed E-state index contributed by atoms with van der Waals surface area (Å²) in [5, 5.41) is 17.7. The van der Waals surface area contributed by atoms with E-state index in [1.165, 1.54) is 0 Å². The lowest BCUT2D eigenvalue weighted by Crippen LogP contribution is -1.74. The highest BCUT2D eigenvalue weighted by Gasteiger charge is 1.96. The fraction of sp³-hybridized carbons (Fsp3) is 0.100. The van der Waals surface area contributed by atoms with Gasteiger partial charge >= 0.3 is 0 Å². The Morgan fingerprint density at radius 3 is 2.92 bits per heavy atom. The molecule has 0 unspecified atom stereocenters. The molecule has 1 aromatic carbocycles. The molecule has 0 heterocycles. The second-order valence-corrected chi connectivity index (χ2v) is 3.38. The van der Waals surface area contributed by atoms with E-state index >= 15 is 0 Å². The molecule has 0 fully saturated rings. The third-order valence-electron chi connectivity index (χ3n) is 1.50. The predicted octanol–water partition coefficient (Wildman–Crippen LogP) is 3.08. The van der Waals surface area contributed by atoms with Gasteiger partial charge in [-0.15, -0.1) is 0 Å². The van der Waals surface area contributed by atoms with Crippen molar-refractivity contribution in [1.82, 2.24) is 0 Å². The van der Waals surface area contributed by atoms with E-state index < -0.39 is 0 Å². The fourth-order valence-corrected chi connectivity index (χ4v) is 1.25. The summed E-state index contributed by atoms with van der Waals surface area (Å²) >= 11 is 3.24. The van der Waals surface area contributed by atoms with Crippen molar-refractivity contribution in [3.05, 3.63) is 34.3 Å². The average molecular weight is 238 g/mol. The van der Waals surface area contributed by atoms with Gasteiger partial charge in [-0.3, -0.25) is 0 Å². The number of benzene rings is 1. The molecule has 1 aromatic rings. The van der Waals surface area contributed by atoms with Crippen LogP contribution < -0.4 is 0 Å². The van der Waals surface area contributed by atoms with Crippen molar-refractivity contribution in [3.63, 3.8) is 0 Å². The fourth-order valence-electron chi connectivity index (χ4n) is 0.896. The minimum absolute atomic E-state index is 0.212. The van der Waals surface area contributed by atoms with Gasteiger partial charge in [0.1, 0.15) is 5.75 Å². The number of hydrogen-bond donors (Lipinski definition) is 1. The lowest BCUT2D eigenvalue weighted by molar-refractivity contribution is 0.473. The molecule has 3 heteroatoms. The van der Waals surface area contributed by atoms with E-state index in [4.69, 9.17) is 5.26 Å². The molecule has 0 spiro atoms. The first-order valence-electron chi connectivity index (χ1n) is 3.76. The third-order valence-corrected chi connectivity index (χ3v) is 1.99. The Morgan fingerprint density at radius 1 is 1.54 bits per heavy atom. The van der Waals surface area contributed by atoms with Crippen LogP contribution >= 0.6 is 15.9 Å². The molecule has 0 bridgehead atoms. The lowest BCUT2D eigenvalue weighted by atomic mass is 10.2. The summed E-state index contributed by atoms with van der Waals surface area (Å²) in [5.41, 5.74) is 0.721. The molecule has 0 atom stereocenters. The monoisotopic (exact) mass is 237 g/mol. The molecular weight excluding hydrogens is 230 g/mol. The summed E-state index contributed by atoms with van der Waals surface area (Å²) in [7, 11) is 0. The van der Waals surface area contributed by atoms with E-state index in [2.05, 4.69) is 15.9 Å². The van der Waals surface area contributed by atoms with E-state index in [1.54, 1.807) is 24.3 Å². The van der Waals surface area contributed by atoms with Gasteiger partial charge in [0.15, 0.2) is 0 Å². The van der Waals surface area contributed by atoms with E-state index in [9.17, 15) is 5.11 Å². The highest BCUT2D eigenvalue weighted by Crippen LogP contribution is 2.23. The van der Waals surface area contributed by atoms with Gasteiger partial charge in [0, 0.05) is 10.0 Å². The van der Waals surface area contributed by atoms with Crippen LogP contribution in [0.1, 0.15) is 12.0 Å². The topological polar surface area (TPSA) is 44.0 Å². The average Bonchev–Trinajstić information content (AvgIpc) is 2.09. The second-order valence-electron chi connectivity index (χ2n) is 2.47. The van der Waals surface area contributed by atoms with Crippen LogP contribution in [0.2, 0.25) is 0 Å². The van der Waals surface area contributed by atoms with Crippen molar-refractivity contribution in [2.75, 3.05) is 0 Å². The normalized spacial score (nSPS) is 10.2. The van der Waals surface area contributed by atoms with Crippen LogP contribution in [-0.2, 0) is 0 Å². The number of nitrogens with zero attached hydrogens (tertiary/aromatic N) is 1. The lowest BCUT2D eigenvalue weighted by Gasteiger charge is -1.98. The Morgan fingerprint density at radius 2 is 2.31 bits per heavy atom. The molecule has 66 valence electrons. The minimum atomic E-state index is 0.212. The van der Waals surface area contributed by atoms with Crippen LogP contribution in [0.5, 0.6) is 5.75 Å². The first-order valence-corrected chi connectivity index (χ1v) is 4.55. The zero-order valence-corrected chi connectivity index (χ0v) is 8.45. The zero-order valence-electron chi connectivity index (χ0n) is 6.87. The van der Waals surface area contributed by atoms with Crippen LogP contribution in [0, 0.1) is 11.3 Å². The SMILES string of the molecule is N#CCC=Cc1ccc(Br)cc1O. The number of halogens is 1. The first kappa shape index (κ1) is 9.82. The standard InChI is InChI=1S/C10H8BrNO/c11-9-5-4-8(10(13)7-9)3-1-2-6-12/h1,3-5,7,13H,2H2. The Kier molecular flexibility index (Phi) is 3.53. The van der Waals surface area contributed by atoms with Gasteiger partial charge in [-0.1, -0.05) is 34.1 Å². The van der Waals surface area contributed by atoms with Crippen LogP contribution in [0.25, 0.3) is 6.08 Å². The molecule has 0 saturated carbocycles. The molecule has 13 heavy (non-hydrogen) atoms. The zero-order chi connectivity index (χ0) is 9.68. The molecule has 0 aliphatic rings. The smallest absolute Gasteiger partial charge is 0.123 e. The maximum absolute atomic E-state index is 9.43. The molecule has 2 nitrogen and oxygen atoms in total.